The Balaban J connectivity index is 1.98. The van der Waals surface area contributed by atoms with E-state index in [4.69, 9.17) is 51.1 Å². The molecule has 2 saturated heterocycles. The molecule has 2 aromatic carbocycles. The molecular formula is C18H16BCl4NO. The van der Waals surface area contributed by atoms with E-state index in [1.807, 2.05) is 24.3 Å². The highest BCUT2D eigenvalue weighted by Gasteiger charge is 2.57. The average molecular weight is 415 g/mol. The fourth-order valence-corrected chi connectivity index (χ4v) is 5.35. The highest BCUT2D eigenvalue weighted by atomic mass is 35.5. The molecule has 2 nitrogen and oxygen atoms in total. The molecule has 0 spiro atoms. The van der Waals surface area contributed by atoms with Crippen molar-refractivity contribution in [1.29, 1.82) is 0 Å². The van der Waals surface area contributed by atoms with Gasteiger partial charge in [0.05, 0.1) is 0 Å². The highest BCUT2D eigenvalue weighted by molar-refractivity contribution is 6.48. The number of halogens is 4. The van der Waals surface area contributed by atoms with Crippen LogP contribution in [0, 0.1) is 0 Å². The smallest absolute Gasteiger partial charge is 0.380 e. The number of fused-ring (bicyclic) bond motifs is 1. The third-order valence-corrected chi connectivity index (χ3v) is 6.04. The van der Waals surface area contributed by atoms with E-state index in [1.165, 1.54) is 0 Å². The topological polar surface area (TPSA) is 12.5 Å². The van der Waals surface area contributed by atoms with Crippen LogP contribution in [-0.2, 0) is 10.3 Å². The summed E-state index contributed by atoms with van der Waals surface area (Å²) in [4.78, 5) is 2.39. The van der Waals surface area contributed by atoms with Crippen molar-refractivity contribution in [3.8, 4) is 0 Å². The van der Waals surface area contributed by atoms with E-state index in [0.717, 1.165) is 30.5 Å². The van der Waals surface area contributed by atoms with E-state index in [-0.39, 0.29) is 13.1 Å². The van der Waals surface area contributed by atoms with Gasteiger partial charge < -0.3 is 9.47 Å². The standard InChI is InChI=1S/C18H16BCl4NO/c1-19-24-4-2-3-17(24)18(25-19,11-5-13(20)9-14(21)6-11)12-7-15(22)10-16(23)8-12/h5-10,17H,2-4H2,1H3. The Kier molecular flexibility index (Phi) is 4.77. The monoisotopic (exact) mass is 413 g/mol. The van der Waals surface area contributed by atoms with Crippen molar-refractivity contribution < 1.29 is 4.65 Å². The average Bonchev–Trinajstić information content (AvgIpc) is 3.09. The maximum atomic E-state index is 6.60. The van der Waals surface area contributed by atoms with Gasteiger partial charge in [-0.25, -0.2) is 0 Å². The van der Waals surface area contributed by atoms with Crippen LogP contribution in [0.1, 0.15) is 24.0 Å². The lowest BCUT2D eigenvalue weighted by Crippen LogP contribution is -2.41. The zero-order chi connectivity index (χ0) is 17.8. The first-order valence-corrected chi connectivity index (χ1v) is 9.78. The molecule has 7 heteroatoms. The van der Waals surface area contributed by atoms with Gasteiger partial charge in [-0.3, -0.25) is 0 Å². The van der Waals surface area contributed by atoms with Gasteiger partial charge in [0.15, 0.2) is 0 Å². The van der Waals surface area contributed by atoms with Crippen LogP contribution in [0.15, 0.2) is 36.4 Å². The fraction of sp³-hybridized carbons (Fsp3) is 0.333. The van der Waals surface area contributed by atoms with E-state index in [9.17, 15) is 0 Å². The van der Waals surface area contributed by atoms with Gasteiger partial charge in [-0.2, -0.15) is 0 Å². The molecule has 2 fully saturated rings. The molecule has 4 rings (SSSR count). The number of hydrogen-bond donors (Lipinski definition) is 0. The molecule has 0 radical (unpaired) electrons. The van der Waals surface area contributed by atoms with E-state index in [1.54, 1.807) is 12.1 Å². The number of benzene rings is 2. The summed E-state index contributed by atoms with van der Waals surface area (Å²) in [6.45, 7) is 3.09. The summed E-state index contributed by atoms with van der Waals surface area (Å²) >= 11 is 25.3. The molecule has 0 amide bonds. The third kappa shape index (κ3) is 2.99. The number of hydrogen-bond acceptors (Lipinski definition) is 2. The zero-order valence-electron chi connectivity index (χ0n) is 13.6. The molecule has 1 unspecified atom stereocenters. The third-order valence-electron chi connectivity index (χ3n) is 5.17. The molecule has 2 aromatic rings. The second-order valence-electron chi connectivity index (χ2n) is 6.66. The minimum Gasteiger partial charge on any atom is -0.406 e. The second kappa shape index (κ2) is 6.63. The second-order valence-corrected chi connectivity index (χ2v) is 8.41. The van der Waals surface area contributed by atoms with Crippen molar-refractivity contribution in [3.05, 3.63) is 67.6 Å². The van der Waals surface area contributed by atoms with Gasteiger partial charge in [0, 0.05) is 26.1 Å². The van der Waals surface area contributed by atoms with Crippen molar-refractivity contribution in [2.45, 2.75) is 31.3 Å². The summed E-state index contributed by atoms with van der Waals surface area (Å²) in [7, 11) is -0.0111. The van der Waals surface area contributed by atoms with Crippen molar-refractivity contribution in [2.24, 2.45) is 0 Å². The molecule has 2 aliphatic rings. The predicted octanol–water partition coefficient (Wildman–Crippen LogP) is 6.16. The van der Waals surface area contributed by atoms with Crippen molar-refractivity contribution in [1.82, 2.24) is 4.81 Å². The Morgan fingerprint density at radius 3 is 1.88 bits per heavy atom. The van der Waals surface area contributed by atoms with Crippen molar-refractivity contribution in [2.75, 3.05) is 6.54 Å². The van der Waals surface area contributed by atoms with Gasteiger partial charge in [0.2, 0.25) is 0 Å². The molecule has 130 valence electrons. The van der Waals surface area contributed by atoms with Gasteiger partial charge in [-0.05, 0) is 73.7 Å². The van der Waals surface area contributed by atoms with Crippen LogP contribution >= 0.6 is 46.4 Å². The molecule has 0 aromatic heterocycles. The van der Waals surface area contributed by atoms with Gasteiger partial charge in [0.1, 0.15) is 5.60 Å². The van der Waals surface area contributed by atoms with Gasteiger partial charge in [0.25, 0.3) is 0 Å². The van der Waals surface area contributed by atoms with Crippen molar-refractivity contribution in [3.63, 3.8) is 0 Å². The van der Waals surface area contributed by atoms with Crippen LogP contribution in [-0.4, -0.2) is 24.4 Å². The van der Waals surface area contributed by atoms with Crippen LogP contribution in [0.4, 0.5) is 0 Å². The number of rotatable bonds is 2. The zero-order valence-corrected chi connectivity index (χ0v) is 16.6. The van der Waals surface area contributed by atoms with E-state index in [2.05, 4.69) is 11.6 Å². The largest absolute Gasteiger partial charge is 0.406 e. The maximum Gasteiger partial charge on any atom is 0.380 e. The summed E-state index contributed by atoms with van der Waals surface area (Å²) in [5.74, 6) is 0. The van der Waals surface area contributed by atoms with E-state index in [0.29, 0.717) is 20.1 Å². The first-order valence-electron chi connectivity index (χ1n) is 8.27. The van der Waals surface area contributed by atoms with Crippen LogP contribution < -0.4 is 0 Å². The minimum atomic E-state index is -0.695. The van der Waals surface area contributed by atoms with Crippen LogP contribution in [0.5, 0.6) is 0 Å². The van der Waals surface area contributed by atoms with Crippen molar-refractivity contribution >= 4 is 53.5 Å². The first kappa shape index (κ1) is 18.0. The van der Waals surface area contributed by atoms with E-state index < -0.39 is 5.60 Å². The Morgan fingerprint density at radius 1 is 0.920 bits per heavy atom. The molecule has 0 aliphatic carbocycles. The minimum absolute atomic E-state index is 0.0111. The number of nitrogens with zero attached hydrogens (tertiary/aromatic N) is 1. The van der Waals surface area contributed by atoms with Crippen LogP contribution in [0.2, 0.25) is 26.9 Å². The molecule has 25 heavy (non-hydrogen) atoms. The Morgan fingerprint density at radius 2 is 1.40 bits per heavy atom. The SMILES string of the molecule is CB1OC(c2cc(Cl)cc(Cl)c2)(c2cc(Cl)cc(Cl)c2)C2CCCN12. The predicted molar refractivity (Wildman–Crippen MR) is 106 cm³/mol. The van der Waals surface area contributed by atoms with Gasteiger partial charge in [-0.1, -0.05) is 46.4 Å². The van der Waals surface area contributed by atoms with Crippen LogP contribution in [0.25, 0.3) is 0 Å². The van der Waals surface area contributed by atoms with Gasteiger partial charge in [-0.15, -0.1) is 0 Å². The van der Waals surface area contributed by atoms with E-state index >= 15 is 0 Å². The summed E-state index contributed by atoms with van der Waals surface area (Å²) in [5, 5.41) is 2.34. The molecule has 0 saturated carbocycles. The highest BCUT2D eigenvalue weighted by Crippen LogP contribution is 2.50. The Bertz CT molecular complexity index is 739. The Labute approximate surface area is 168 Å². The summed E-state index contributed by atoms with van der Waals surface area (Å²) in [5.41, 5.74) is 1.17. The lowest BCUT2D eigenvalue weighted by atomic mass is 9.79. The summed E-state index contributed by atoms with van der Waals surface area (Å²) < 4.78 is 6.60. The molecule has 0 bridgehead atoms. The Hall–Kier alpha value is -0.415. The lowest BCUT2D eigenvalue weighted by Gasteiger charge is -2.36. The fourth-order valence-electron chi connectivity index (χ4n) is 4.30. The quantitative estimate of drug-likeness (QED) is 0.546. The lowest BCUT2D eigenvalue weighted by molar-refractivity contribution is 0.106. The normalized spacial score (nSPS) is 22.4. The molecular weight excluding hydrogens is 399 g/mol. The van der Waals surface area contributed by atoms with Gasteiger partial charge >= 0.3 is 7.05 Å². The molecule has 1 atom stereocenters. The molecule has 0 N–H and O–H groups in total. The summed E-state index contributed by atoms with van der Waals surface area (Å²) in [6.07, 6.45) is 2.15. The molecule has 2 aliphatic heterocycles. The van der Waals surface area contributed by atoms with Crippen LogP contribution in [0.3, 0.4) is 0 Å². The first-order chi connectivity index (χ1) is 11.9. The molecule has 2 heterocycles. The maximum absolute atomic E-state index is 6.60. The summed E-state index contributed by atoms with van der Waals surface area (Å²) in [6, 6.07) is 11.4.